The fraction of sp³-hybridized carbons (Fsp3) is 0.556. The van der Waals surface area contributed by atoms with Crippen LogP contribution in [0.2, 0.25) is 0 Å². The number of nitrogens with zero attached hydrogens (tertiary/aromatic N) is 1. The molecule has 1 atom stereocenters. The average Bonchev–Trinajstić information content (AvgIpc) is 2.56. The van der Waals surface area contributed by atoms with E-state index in [2.05, 4.69) is 18.3 Å². The lowest BCUT2D eigenvalue weighted by Crippen LogP contribution is -2.41. The van der Waals surface area contributed by atoms with Crippen LogP contribution < -0.4 is 10.1 Å². The Balaban J connectivity index is 2.84. The quantitative estimate of drug-likeness (QED) is 0.701. The Bertz CT molecular complexity index is 566. The zero-order valence-corrected chi connectivity index (χ0v) is 14.4. The highest BCUT2D eigenvalue weighted by molar-refractivity contribution is 5.97. The molecule has 1 rings (SSSR count). The number of anilines is 1. The molecule has 1 aromatic carbocycles. The summed E-state index contributed by atoms with van der Waals surface area (Å²) >= 11 is 0. The largest absolute Gasteiger partial charge is 0.492 e. The van der Waals surface area contributed by atoms with Crippen LogP contribution in [0.5, 0.6) is 5.75 Å². The number of hydrogen-bond acceptors (Lipinski definition) is 4. The van der Waals surface area contributed by atoms with Crippen molar-refractivity contribution in [2.24, 2.45) is 0 Å². The molecule has 0 saturated heterocycles. The molecule has 5 nitrogen and oxygen atoms in total. The number of hydrogen-bond donors (Lipinski definition) is 1. The summed E-state index contributed by atoms with van der Waals surface area (Å²) in [7, 11) is 1.55. The molecule has 0 aliphatic heterocycles. The third-order valence-electron chi connectivity index (χ3n) is 3.85. The minimum atomic E-state index is -0.874. The third kappa shape index (κ3) is 5.26. The van der Waals surface area contributed by atoms with Gasteiger partial charge in [-0.05, 0) is 38.5 Å². The van der Waals surface area contributed by atoms with E-state index in [4.69, 9.17) is 9.47 Å². The Hall–Kier alpha value is -2.06. The Kier molecular flexibility index (Phi) is 7.56. The van der Waals surface area contributed by atoms with Crippen LogP contribution in [-0.4, -0.2) is 25.2 Å². The number of ether oxygens (including phenoxy) is 2. The van der Waals surface area contributed by atoms with Crippen molar-refractivity contribution in [2.45, 2.75) is 52.1 Å². The summed E-state index contributed by atoms with van der Waals surface area (Å²) < 4.78 is 10.8. The molecule has 1 unspecified atom stereocenters. The maximum absolute atomic E-state index is 12.5. The van der Waals surface area contributed by atoms with Gasteiger partial charge in [0.05, 0.1) is 12.2 Å². The van der Waals surface area contributed by atoms with Crippen LogP contribution in [0.1, 0.15) is 52.0 Å². The third-order valence-corrected chi connectivity index (χ3v) is 3.85. The Morgan fingerprint density at radius 1 is 1.35 bits per heavy atom. The van der Waals surface area contributed by atoms with Crippen molar-refractivity contribution in [1.82, 2.24) is 0 Å². The van der Waals surface area contributed by atoms with Gasteiger partial charge in [0.25, 0.3) is 5.91 Å². The number of rotatable bonds is 9. The summed E-state index contributed by atoms with van der Waals surface area (Å²) in [4.78, 5) is 12.5. The van der Waals surface area contributed by atoms with E-state index in [1.54, 1.807) is 32.2 Å². The van der Waals surface area contributed by atoms with Gasteiger partial charge < -0.3 is 14.8 Å². The number of unbranched alkanes of at least 4 members (excludes halogenated alkanes) is 2. The molecule has 0 aliphatic rings. The van der Waals surface area contributed by atoms with E-state index in [0.717, 1.165) is 19.3 Å². The number of carbonyl (C=O) groups is 1. The van der Waals surface area contributed by atoms with Crippen LogP contribution >= 0.6 is 0 Å². The molecule has 0 aromatic heterocycles. The van der Waals surface area contributed by atoms with Gasteiger partial charge in [-0.3, -0.25) is 4.79 Å². The monoisotopic (exact) mass is 318 g/mol. The van der Waals surface area contributed by atoms with Crippen LogP contribution in [0, 0.1) is 11.3 Å². The van der Waals surface area contributed by atoms with Crippen molar-refractivity contribution in [2.75, 3.05) is 19.0 Å². The van der Waals surface area contributed by atoms with Gasteiger partial charge in [-0.15, -0.1) is 0 Å². The zero-order valence-electron chi connectivity index (χ0n) is 14.4. The number of methoxy groups -OCH3 is 1. The second kappa shape index (κ2) is 9.16. The van der Waals surface area contributed by atoms with Crippen LogP contribution in [0.25, 0.3) is 0 Å². The molecule has 0 heterocycles. The van der Waals surface area contributed by atoms with E-state index < -0.39 is 5.60 Å². The molecule has 0 radical (unpaired) electrons. The molecular weight excluding hydrogens is 292 g/mol. The van der Waals surface area contributed by atoms with Crippen molar-refractivity contribution in [3.63, 3.8) is 0 Å². The average molecular weight is 318 g/mol. The lowest BCUT2D eigenvalue weighted by molar-refractivity contribution is -0.136. The predicted octanol–water partition coefficient (Wildman–Crippen LogP) is 3.88. The van der Waals surface area contributed by atoms with Gasteiger partial charge in [-0.1, -0.05) is 26.2 Å². The van der Waals surface area contributed by atoms with Crippen LogP contribution in [-0.2, 0) is 9.53 Å². The Labute approximate surface area is 138 Å². The van der Waals surface area contributed by atoms with Gasteiger partial charge in [0.15, 0.2) is 0 Å². The molecule has 5 heteroatoms. The molecule has 0 fully saturated rings. The molecule has 0 spiro atoms. The highest BCUT2D eigenvalue weighted by Crippen LogP contribution is 2.25. The lowest BCUT2D eigenvalue weighted by Gasteiger charge is -2.27. The first kappa shape index (κ1) is 19.0. The Morgan fingerprint density at radius 2 is 2.09 bits per heavy atom. The van der Waals surface area contributed by atoms with E-state index >= 15 is 0 Å². The van der Waals surface area contributed by atoms with Gasteiger partial charge in [0, 0.05) is 12.8 Å². The number of amides is 1. The van der Waals surface area contributed by atoms with Crippen molar-refractivity contribution < 1.29 is 14.3 Å². The fourth-order valence-corrected chi connectivity index (χ4v) is 2.26. The van der Waals surface area contributed by atoms with E-state index in [0.29, 0.717) is 30.0 Å². The topological polar surface area (TPSA) is 71.3 Å². The molecule has 1 aromatic rings. The SMILES string of the molecule is CCCCCC(C)(OC)C(=O)Nc1ccc(OCC)c(C#N)c1. The Morgan fingerprint density at radius 3 is 2.65 bits per heavy atom. The number of nitriles is 1. The summed E-state index contributed by atoms with van der Waals surface area (Å²) in [6.07, 6.45) is 3.74. The summed E-state index contributed by atoms with van der Waals surface area (Å²) in [5.41, 5.74) is 0.0872. The molecular formula is C18H26N2O3. The summed E-state index contributed by atoms with van der Waals surface area (Å²) in [6.45, 7) is 6.25. The zero-order chi connectivity index (χ0) is 17.3. The first-order chi connectivity index (χ1) is 11.0. The van der Waals surface area contributed by atoms with E-state index in [1.807, 2.05) is 6.92 Å². The summed E-state index contributed by atoms with van der Waals surface area (Å²) in [5.74, 6) is 0.314. The predicted molar refractivity (Wildman–Crippen MR) is 90.5 cm³/mol. The van der Waals surface area contributed by atoms with Gasteiger partial charge >= 0.3 is 0 Å². The fourth-order valence-electron chi connectivity index (χ4n) is 2.26. The first-order valence-electron chi connectivity index (χ1n) is 8.04. The minimum absolute atomic E-state index is 0.204. The van der Waals surface area contributed by atoms with E-state index in [-0.39, 0.29) is 5.91 Å². The number of benzene rings is 1. The molecule has 0 saturated carbocycles. The standard InChI is InChI=1S/C18H26N2O3/c1-5-7-8-11-18(3,22-4)17(21)20-15-9-10-16(23-6-2)14(12-15)13-19/h9-10,12H,5-8,11H2,1-4H3,(H,20,21). The van der Waals surface area contributed by atoms with Gasteiger partial charge in [0.1, 0.15) is 17.4 Å². The first-order valence-corrected chi connectivity index (χ1v) is 8.04. The maximum Gasteiger partial charge on any atom is 0.256 e. The summed E-state index contributed by atoms with van der Waals surface area (Å²) in [5, 5.41) is 12.0. The van der Waals surface area contributed by atoms with Crippen molar-refractivity contribution in [3.8, 4) is 11.8 Å². The molecule has 1 N–H and O–H groups in total. The van der Waals surface area contributed by atoms with Crippen molar-refractivity contribution >= 4 is 11.6 Å². The smallest absolute Gasteiger partial charge is 0.256 e. The van der Waals surface area contributed by atoms with E-state index in [9.17, 15) is 10.1 Å². The molecule has 1 amide bonds. The maximum atomic E-state index is 12.5. The van der Waals surface area contributed by atoms with Crippen LogP contribution in [0.3, 0.4) is 0 Å². The second-order valence-electron chi connectivity index (χ2n) is 5.60. The summed E-state index contributed by atoms with van der Waals surface area (Å²) in [6, 6.07) is 7.12. The molecule has 23 heavy (non-hydrogen) atoms. The van der Waals surface area contributed by atoms with Gasteiger partial charge in [-0.2, -0.15) is 5.26 Å². The minimum Gasteiger partial charge on any atom is -0.492 e. The van der Waals surface area contributed by atoms with Gasteiger partial charge in [-0.25, -0.2) is 0 Å². The number of carbonyl (C=O) groups excluding carboxylic acids is 1. The van der Waals surface area contributed by atoms with Crippen molar-refractivity contribution in [1.29, 1.82) is 5.26 Å². The van der Waals surface area contributed by atoms with E-state index in [1.165, 1.54) is 0 Å². The second-order valence-corrected chi connectivity index (χ2v) is 5.60. The van der Waals surface area contributed by atoms with Crippen LogP contribution in [0.4, 0.5) is 5.69 Å². The number of nitrogens with one attached hydrogen (secondary N) is 1. The van der Waals surface area contributed by atoms with Gasteiger partial charge in [0.2, 0.25) is 0 Å². The molecule has 126 valence electrons. The molecule has 0 aliphatic carbocycles. The van der Waals surface area contributed by atoms with Crippen molar-refractivity contribution in [3.05, 3.63) is 23.8 Å². The highest BCUT2D eigenvalue weighted by atomic mass is 16.5. The lowest BCUT2D eigenvalue weighted by atomic mass is 9.97. The normalized spacial score (nSPS) is 13.0. The highest BCUT2D eigenvalue weighted by Gasteiger charge is 2.32. The molecule has 0 bridgehead atoms. The van der Waals surface area contributed by atoms with Crippen LogP contribution in [0.15, 0.2) is 18.2 Å².